The number of hydroxylamine groups is 2. The topological polar surface area (TPSA) is 29.5 Å². The Morgan fingerprint density at radius 1 is 1.27 bits per heavy atom. The van der Waals surface area contributed by atoms with E-state index in [0.29, 0.717) is 6.42 Å². The van der Waals surface area contributed by atoms with Gasteiger partial charge in [-0.1, -0.05) is 25.3 Å². The lowest BCUT2D eigenvalue weighted by molar-refractivity contribution is -0.168. The Kier molecular flexibility index (Phi) is 9.18. The first-order chi connectivity index (χ1) is 7.22. The van der Waals surface area contributed by atoms with Crippen molar-refractivity contribution in [1.29, 1.82) is 0 Å². The molecule has 3 heteroatoms. The number of carbonyl (C=O) groups excluding carboxylic acids is 1. The number of unbranched alkanes of at least 4 members (excludes halogenated alkanes) is 5. The molecule has 1 amide bonds. The van der Waals surface area contributed by atoms with Crippen molar-refractivity contribution in [3.05, 3.63) is 12.7 Å². The molecule has 0 spiro atoms. The SMILES string of the molecule is C=CCCCCCCCC(=O)N(C)OC. The standard InChI is InChI=1S/C12H23NO2/c1-4-5-6-7-8-9-10-11-12(14)13(2)15-3/h4H,1,5-11H2,2-3H3. The average molecular weight is 213 g/mol. The lowest BCUT2D eigenvalue weighted by Gasteiger charge is -2.12. The first-order valence-electron chi connectivity index (χ1n) is 5.64. The van der Waals surface area contributed by atoms with Crippen LogP contribution in [0.3, 0.4) is 0 Å². The Bertz CT molecular complexity index is 180. The smallest absolute Gasteiger partial charge is 0.245 e. The third-order valence-corrected chi connectivity index (χ3v) is 2.42. The summed E-state index contributed by atoms with van der Waals surface area (Å²) < 4.78 is 0. The van der Waals surface area contributed by atoms with E-state index in [2.05, 4.69) is 6.58 Å². The molecule has 0 atom stereocenters. The summed E-state index contributed by atoms with van der Waals surface area (Å²) in [5.74, 6) is 0.0589. The molecule has 88 valence electrons. The van der Waals surface area contributed by atoms with Crippen LogP contribution in [0.2, 0.25) is 0 Å². The van der Waals surface area contributed by atoms with Gasteiger partial charge >= 0.3 is 0 Å². The fourth-order valence-corrected chi connectivity index (χ4v) is 1.35. The Balaban J connectivity index is 3.23. The van der Waals surface area contributed by atoms with Crippen molar-refractivity contribution in [3.8, 4) is 0 Å². The van der Waals surface area contributed by atoms with Crippen LogP contribution < -0.4 is 0 Å². The summed E-state index contributed by atoms with van der Waals surface area (Å²) in [6, 6.07) is 0. The van der Waals surface area contributed by atoms with Crippen molar-refractivity contribution < 1.29 is 9.63 Å². The van der Waals surface area contributed by atoms with Gasteiger partial charge in [0, 0.05) is 13.5 Å². The van der Waals surface area contributed by atoms with Gasteiger partial charge in [0.2, 0.25) is 5.91 Å². The van der Waals surface area contributed by atoms with E-state index >= 15 is 0 Å². The Hall–Kier alpha value is -0.830. The second-order valence-electron chi connectivity index (χ2n) is 3.67. The zero-order valence-electron chi connectivity index (χ0n) is 10.00. The first-order valence-corrected chi connectivity index (χ1v) is 5.64. The number of rotatable bonds is 9. The van der Waals surface area contributed by atoms with Gasteiger partial charge in [-0.25, -0.2) is 5.06 Å². The number of nitrogens with zero attached hydrogens (tertiary/aromatic N) is 1. The zero-order chi connectivity index (χ0) is 11.5. The lowest BCUT2D eigenvalue weighted by Crippen LogP contribution is -2.24. The quantitative estimate of drug-likeness (QED) is 0.335. The van der Waals surface area contributed by atoms with E-state index in [-0.39, 0.29) is 5.91 Å². The molecule has 0 saturated carbocycles. The molecule has 0 radical (unpaired) electrons. The molecule has 0 heterocycles. The van der Waals surface area contributed by atoms with Crippen LogP contribution >= 0.6 is 0 Å². The minimum absolute atomic E-state index is 0.0589. The van der Waals surface area contributed by atoms with Crippen LogP contribution in [-0.2, 0) is 9.63 Å². The van der Waals surface area contributed by atoms with Gasteiger partial charge in [0.05, 0.1) is 7.11 Å². The maximum atomic E-state index is 11.3. The largest absolute Gasteiger partial charge is 0.275 e. The van der Waals surface area contributed by atoms with Crippen molar-refractivity contribution in [2.75, 3.05) is 14.2 Å². The predicted octanol–water partition coefficient (Wildman–Crippen LogP) is 2.92. The third kappa shape index (κ3) is 8.18. The van der Waals surface area contributed by atoms with Crippen LogP contribution in [0.4, 0.5) is 0 Å². The molecule has 3 nitrogen and oxygen atoms in total. The van der Waals surface area contributed by atoms with Crippen LogP contribution in [-0.4, -0.2) is 25.1 Å². The van der Waals surface area contributed by atoms with Gasteiger partial charge in [-0.05, 0) is 19.3 Å². The Morgan fingerprint density at radius 3 is 2.47 bits per heavy atom. The molecule has 0 unspecified atom stereocenters. The minimum Gasteiger partial charge on any atom is -0.275 e. The van der Waals surface area contributed by atoms with E-state index in [1.165, 1.54) is 31.4 Å². The van der Waals surface area contributed by atoms with E-state index in [0.717, 1.165) is 19.3 Å². The van der Waals surface area contributed by atoms with Crippen LogP contribution in [0.25, 0.3) is 0 Å². The average Bonchev–Trinajstić information content (AvgIpc) is 2.26. The predicted molar refractivity (Wildman–Crippen MR) is 62.3 cm³/mol. The Labute approximate surface area is 93.1 Å². The van der Waals surface area contributed by atoms with Gasteiger partial charge in [-0.3, -0.25) is 9.63 Å². The summed E-state index contributed by atoms with van der Waals surface area (Å²) in [6.45, 7) is 3.68. The molecule has 0 rings (SSSR count). The molecule has 0 N–H and O–H groups in total. The molecular formula is C12H23NO2. The first kappa shape index (κ1) is 14.2. The van der Waals surface area contributed by atoms with Gasteiger partial charge in [-0.15, -0.1) is 6.58 Å². The molecule has 0 aliphatic heterocycles. The molecule has 0 fully saturated rings. The van der Waals surface area contributed by atoms with Gasteiger partial charge in [0.25, 0.3) is 0 Å². The highest BCUT2D eigenvalue weighted by Gasteiger charge is 2.06. The monoisotopic (exact) mass is 213 g/mol. The molecule has 0 aromatic rings. The fraction of sp³-hybridized carbons (Fsp3) is 0.750. The van der Waals surface area contributed by atoms with Gasteiger partial charge in [-0.2, -0.15) is 0 Å². The highest BCUT2D eigenvalue weighted by Crippen LogP contribution is 2.08. The minimum atomic E-state index is 0.0589. The summed E-state index contributed by atoms with van der Waals surface area (Å²) >= 11 is 0. The van der Waals surface area contributed by atoms with Crippen molar-refractivity contribution in [2.45, 2.75) is 44.9 Å². The van der Waals surface area contributed by atoms with Crippen molar-refractivity contribution in [1.82, 2.24) is 5.06 Å². The van der Waals surface area contributed by atoms with E-state index in [4.69, 9.17) is 4.84 Å². The number of allylic oxidation sites excluding steroid dienone is 1. The maximum Gasteiger partial charge on any atom is 0.245 e. The van der Waals surface area contributed by atoms with E-state index in [1.54, 1.807) is 7.05 Å². The van der Waals surface area contributed by atoms with E-state index < -0.39 is 0 Å². The lowest BCUT2D eigenvalue weighted by atomic mass is 10.1. The van der Waals surface area contributed by atoms with Gasteiger partial charge in [0.15, 0.2) is 0 Å². The van der Waals surface area contributed by atoms with Crippen molar-refractivity contribution in [2.24, 2.45) is 0 Å². The van der Waals surface area contributed by atoms with E-state index in [9.17, 15) is 4.79 Å². The molecule has 0 aliphatic carbocycles. The molecular weight excluding hydrogens is 190 g/mol. The molecule has 15 heavy (non-hydrogen) atoms. The second kappa shape index (κ2) is 9.71. The van der Waals surface area contributed by atoms with E-state index in [1.807, 2.05) is 6.08 Å². The highest BCUT2D eigenvalue weighted by molar-refractivity contribution is 5.74. The number of amides is 1. The highest BCUT2D eigenvalue weighted by atomic mass is 16.7. The van der Waals surface area contributed by atoms with Crippen molar-refractivity contribution >= 4 is 5.91 Å². The summed E-state index contributed by atoms with van der Waals surface area (Å²) in [6.07, 6.45) is 9.39. The van der Waals surface area contributed by atoms with Gasteiger partial charge < -0.3 is 0 Å². The molecule has 0 aromatic carbocycles. The number of carbonyl (C=O) groups is 1. The summed E-state index contributed by atoms with van der Waals surface area (Å²) in [4.78, 5) is 16.1. The van der Waals surface area contributed by atoms with Crippen LogP contribution in [0.1, 0.15) is 44.9 Å². The maximum absolute atomic E-state index is 11.3. The van der Waals surface area contributed by atoms with Crippen molar-refractivity contribution in [3.63, 3.8) is 0 Å². The number of hydrogen-bond acceptors (Lipinski definition) is 2. The zero-order valence-corrected chi connectivity index (χ0v) is 10.00. The summed E-state index contributed by atoms with van der Waals surface area (Å²) in [5, 5.41) is 1.29. The van der Waals surface area contributed by atoms with Crippen LogP contribution in [0.5, 0.6) is 0 Å². The molecule has 0 aromatic heterocycles. The summed E-state index contributed by atoms with van der Waals surface area (Å²) in [5.41, 5.74) is 0. The molecule has 0 saturated heterocycles. The fourth-order valence-electron chi connectivity index (χ4n) is 1.35. The second-order valence-corrected chi connectivity index (χ2v) is 3.67. The third-order valence-electron chi connectivity index (χ3n) is 2.42. The molecule has 0 bridgehead atoms. The Morgan fingerprint density at radius 2 is 1.87 bits per heavy atom. The number of hydrogen-bond donors (Lipinski definition) is 0. The summed E-state index contributed by atoms with van der Waals surface area (Å²) in [7, 11) is 3.15. The van der Waals surface area contributed by atoms with Crippen LogP contribution in [0, 0.1) is 0 Å². The van der Waals surface area contributed by atoms with Crippen LogP contribution in [0.15, 0.2) is 12.7 Å². The molecule has 0 aliphatic rings. The normalized spacial score (nSPS) is 10.0. The van der Waals surface area contributed by atoms with Gasteiger partial charge in [0.1, 0.15) is 0 Å².